The van der Waals surface area contributed by atoms with Crippen molar-refractivity contribution in [2.45, 2.75) is 29.9 Å². The summed E-state index contributed by atoms with van der Waals surface area (Å²) < 4.78 is 4.79. The molecule has 0 saturated carbocycles. The van der Waals surface area contributed by atoms with Crippen LogP contribution in [-0.2, 0) is 11.2 Å². The Bertz CT molecular complexity index is 645. The van der Waals surface area contributed by atoms with Crippen molar-refractivity contribution in [2.24, 2.45) is 0 Å². The molecule has 0 aliphatic carbocycles. The first-order valence-electron chi connectivity index (χ1n) is 6.79. The molecule has 3 rings (SSSR count). The minimum atomic E-state index is 0.0158. The molecule has 4 nitrogen and oxygen atoms in total. The summed E-state index contributed by atoms with van der Waals surface area (Å²) in [5, 5.41) is 4.92. The van der Waals surface area contributed by atoms with Crippen molar-refractivity contribution in [3.05, 3.63) is 41.2 Å². The molecule has 21 heavy (non-hydrogen) atoms. The van der Waals surface area contributed by atoms with Crippen LogP contribution < -0.4 is 4.90 Å². The highest BCUT2D eigenvalue weighted by Gasteiger charge is 2.25. The summed E-state index contributed by atoms with van der Waals surface area (Å²) in [6.07, 6.45) is 2.66. The number of nitrogens with zero attached hydrogens (tertiary/aromatic N) is 2. The number of anilines is 1. The number of thioether (sulfide) groups is 1. The first-order chi connectivity index (χ1) is 10.1. The Morgan fingerprint density at radius 2 is 2.38 bits per heavy atom. The average Bonchev–Trinajstić information content (AvgIpc) is 2.88. The van der Waals surface area contributed by atoms with E-state index < -0.39 is 0 Å². The smallest absolute Gasteiger partial charge is 0.233 e. The van der Waals surface area contributed by atoms with Gasteiger partial charge in [-0.1, -0.05) is 23.7 Å². The van der Waals surface area contributed by atoms with Gasteiger partial charge >= 0.3 is 0 Å². The molecule has 0 spiro atoms. The van der Waals surface area contributed by atoms with Gasteiger partial charge in [0.05, 0.1) is 17.8 Å². The molecule has 1 aliphatic heterocycles. The van der Waals surface area contributed by atoms with Crippen molar-refractivity contribution in [3.8, 4) is 0 Å². The lowest BCUT2D eigenvalue weighted by Crippen LogP contribution is -2.33. The monoisotopic (exact) mass is 322 g/mol. The van der Waals surface area contributed by atoms with Crippen LogP contribution in [0.2, 0.25) is 5.02 Å². The van der Waals surface area contributed by atoms with E-state index in [-0.39, 0.29) is 12.3 Å². The maximum atomic E-state index is 12.6. The van der Waals surface area contributed by atoms with Crippen LogP contribution in [0.15, 0.2) is 39.9 Å². The second-order valence-corrected chi connectivity index (χ2v) is 6.96. The van der Waals surface area contributed by atoms with Crippen LogP contribution in [0, 0.1) is 0 Å². The minimum Gasteiger partial charge on any atom is -0.364 e. The molecule has 0 fully saturated rings. The molecule has 2 aromatic rings. The number of aromatic nitrogens is 1. The van der Waals surface area contributed by atoms with Gasteiger partial charge in [0.25, 0.3) is 0 Å². The molecule has 0 radical (unpaired) electrons. The number of fused-ring (bicyclic) bond motifs is 1. The van der Waals surface area contributed by atoms with Gasteiger partial charge in [-0.2, -0.15) is 0 Å². The van der Waals surface area contributed by atoms with Crippen molar-refractivity contribution in [1.29, 1.82) is 0 Å². The van der Waals surface area contributed by atoms with E-state index in [2.05, 4.69) is 12.1 Å². The molecule has 110 valence electrons. The number of halogens is 1. The van der Waals surface area contributed by atoms with Gasteiger partial charge in [-0.15, -0.1) is 11.8 Å². The molecular formula is C15H15ClN2O2S. The lowest BCUT2D eigenvalue weighted by atomic mass is 10.2. The summed E-state index contributed by atoms with van der Waals surface area (Å²) in [5.74, 6) is 0.0158. The highest BCUT2D eigenvalue weighted by Crippen LogP contribution is 2.39. The number of rotatable bonds is 2. The number of hydrogen-bond acceptors (Lipinski definition) is 4. The highest BCUT2D eigenvalue weighted by molar-refractivity contribution is 8.00. The summed E-state index contributed by atoms with van der Waals surface area (Å²) >= 11 is 7.89. The molecule has 1 aromatic carbocycles. The first kappa shape index (κ1) is 14.5. The molecule has 1 amide bonds. The Hall–Kier alpha value is -1.46. The molecule has 1 aliphatic rings. The van der Waals surface area contributed by atoms with E-state index in [1.807, 2.05) is 23.1 Å². The molecule has 6 heteroatoms. The van der Waals surface area contributed by atoms with Gasteiger partial charge in [-0.25, -0.2) is 0 Å². The second kappa shape index (κ2) is 6.12. The fourth-order valence-electron chi connectivity index (χ4n) is 2.35. The third-order valence-corrected chi connectivity index (χ3v) is 4.90. The third kappa shape index (κ3) is 3.24. The Balaban J connectivity index is 1.91. The predicted molar refractivity (Wildman–Crippen MR) is 83.9 cm³/mol. The first-order valence-corrected chi connectivity index (χ1v) is 8.05. The topological polar surface area (TPSA) is 46.3 Å². The third-order valence-electron chi connectivity index (χ3n) is 3.42. The molecule has 1 atom stereocenters. The lowest BCUT2D eigenvalue weighted by molar-refractivity contribution is -0.118. The van der Waals surface area contributed by atoms with Gasteiger partial charge in [0.1, 0.15) is 6.26 Å². The summed E-state index contributed by atoms with van der Waals surface area (Å²) in [6.45, 7) is 2.87. The van der Waals surface area contributed by atoms with Crippen LogP contribution in [0.4, 0.5) is 5.69 Å². The van der Waals surface area contributed by atoms with E-state index in [4.69, 9.17) is 16.1 Å². The summed E-state index contributed by atoms with van der Waals surface area (Å²) in [6, 6.07) is 7.43. The van der Waals surface area contributed by atoms with Crippen LogP contribution in [0.3, 0.4) is 0 Å². The van der Waals surface area contributed by atoms with Crippen LogP contribution >= 0.6 is 23.4 Å². The zero-order valence-corrected chi connectivity index (χ0v) is 13.2. The maximum absolute atomic E-state index is 12.6. The van der Waals surface area contributed by atoms with Crippen molar-refractivity contribution >= 4 is 35.0 Å². The van der Waals surface area contributed by atoms with Gasteiger partial charge in [-0.3, -0.25) is 4.79 Å². The Morgan fingerprint density at radius 3 is 3.14 bits per heavy atom. The van der Waals surface area contributed by atoms with Crippen molar-refractivity contribution < 1.29 is 9.32 Å². The van der Waals surface area contributed by atoms with E-state index in [1.54, 1.807) is 17.8 Å². The Kier molecular flexibility index (Phi) is 4.22. The molecule has 1 aromatic heterocycles. The lowest BCUT2D eigenvalue weighted by Gasteiger charge is -2.22. The molecule has 0 N–H and O–H groups in total. The van der Waals surface area contributed by atoms with Gasteiger partial charge in [0.2, 0.25) is 5.91 Å². The van der Waals surface area contributed by atoms with Gasteiger partial charge < -0.3 is 9.42 Å². The standard InChI is InChI=1S/C15H15ClN2O2S/c1-10-4-6-18(15(19)9-12-5-7-20-17-12)13-8-11(16)2-3-14(13)21-10/h2-3,5,7-8,10H,4,6,9H2,1H3/t10-/m1/s1. The molecule has 0 saturated heterocycles. The largest absolute Gasteiger partial charge is 0.364 e. The number of amides is 1. The summed E-state index contributed by atoms with van der Waals surface area (Å²) in [5.41, 5.74) is 1.54. The number of carbonyl (C=O) groups excluding carboxylic acids is 1. The molecule has 2 heterocycles. The minimum absolute atomic E-state index is 0.0158. The predicted octanol–water partition coefficient (Wildman–Crippen LogP) is 3.79. The zero-order valence-electron chi connectivity index (χ0n) is 11.6. The van der Waals surface area contributed by atoms with E-state index in [0.717, 1.165) is 17.0 Å². The Labute approximate surface area is 132 Å². The van der Waals surface area contributed by atoms with Crippen LogP contribution in [0.5, 0.6) is 0 Å². The SMILES string of the molecule is C[C@@H]1CCN(C(=O)Cc2ccon2)c2cc(Cl)ccc2S1. The molecular weight excluding hydrogens is 308 g/mol. The average molecular weight is 323 g/mol. The summed E-state index contributed by atoms with van der Waals surface area (Å²) in [7, 11) is 0. The quantitative estimate of drug-likeness (QED) is 0.844. The van der Waals surface area contributed by atoms with Gasteiger partial charge in [-0.05, 0) is 24.6 Å². The van der Waals surface area contributed by atoms with Crippen molar-refractivity contribution in [1.82, 2.24) is 5.16 Å². The summed E-state index contributed by atoms with van der Waals surface area (Å²) in [4.78, 5) is 15.5. The van der Waals surface area contributed by atoms with Crippen molar-refractivity contribution in [2.75, 3.05) is 11.4 Å². The van der Waals surface area contributed by atoms with Crippen LogP contribution in [0.1, 0.15) is 19.0 Å². The van der Waals surface area contributed by atoms with Gasteiger partial charge in [0.15, 0.2) is 0 Å². The fraction of sp³-hybridized carbons (Fsp3) is 0.333. The normalized spacial score (nSPS) is 18.2. The zero-order chi connectivity index (χ0) is 14.8. The fourth-order valence-corrected chi connectivity index (χ4v) is 3.61. The number of carbonyl (C=O) groups is 1. The van der Waals surface area contributed by atoms with E-state index in [1.165, 1.54) is 6.26 Å². The van der Waals surface area contributed by atoms with Gasteiger partial charge in [0, 0.05) is 27.8 Å². The van der Waals surface area contributed by atoms with Crippen molar-refractivity contribution in [3.63, 3.8) is 0 Å². The molecule has 0 unspecified atom stereocenters. The molecule has 0 bridgehead atoms. The van der Waals surface area contributed by atoms with E-state index in [0.29, 0.717) is 22.5 Å². The van der Waals surface area contributed by atoms with Crippen LogP contribution in [0.25, 0.3) is 0 Å². The second-order valence-electron chi connectivity index (χ2n) is 5.04. The maximum Gasteiger partial charge on any atom is 0.233 e. The number of benzene rings is 1. The van der Waals surface area contributed by atoms with E-state index in [9.17, 15) is 4.79 Å². The number of hydrogen-bond donors (Lipinski definition) is 0. The van der Waals surface area contributed by atoms with E-state index >= 15 is 0 Å². The Morgan fingerprint density at radius 1 is 1.52 bits per heavy atom. The highest BCUT2D eigenvalue weighted by atomic mass is 35.5. The van der Waals surface area contributed by atoms with Crippen LogP contribution in [-0.4, -0.2) is 22.9 Å².